The maximum atomic E-state index is 12.1. The van der Waals surface area contributed by atoms with Gasteiger partial charge in [-0.1, -0.05) is 26.0 Å². The van der Waals surface area contributed by atoms with E-state index < -0.39 is 0 Å². The average molecular weight is 416 g/mol. The summed E-state index contributed by atoms with van der Waals surface area (Å²) in [6.07, 6.45) is 3.29. The van der Waals surface area contributed by atoms with Crippen LogP contribution in [0.3, 0.4) is 0 Å². The highest BCUT2D eigenvalue weighted by atomic mass is 16.2. The van der Waals surface area contributed by atoms with Crippen LogP contribution in [-0.4, -0.2) is 75.0 Å². The summed E-state index contributed by atoms with van der Waals surface area (Å²) < 4.78 is 0. The number of nitrogens with one attached hydrogen (secondary N) is 2. The van der Waals surface area contributed by atoms with Crippen molar-refractivity contribution < 1.29 is 4.79 Å². The van der Waals surface area contributed by atoms with Crippen molar-refractivity contribution in [3.8, 4) is 0 Å². The molecule has 0 radical (unpaired) electrons. The average Bonchev–Trinajstić information content (AvgIpc) is 2.70. The molecule has 1 heterocycles. The van der Waals surface area contributed by atoms with Crippen LogP contribution < -0.4 is 10.6 Å². The molecule has 1 saturated heterocycles. The number of nitrogens with zero attached hydrogens (tertiary/aromatic N) is 3. The van der Waals surface area contributed by atoms with Gasteiger partial charge in [-0.3, -0.25) is 9.79 Å². The first-order chi connectivity index (χ1) is 14.4. The van der Waals surface area contributed by atoms with E-state index in [4.69, 9.17) is 4.99 Å². The Labute approximate surface area is 183 Å². The van der Waals surface area contributed by atoms with Crippen LogP contribution in [0.4, 0.5) is 0 Å². The zero-order valence-electron chi connectivity index (χ0n) is 19.6. The van der Waals surface area contributed by atoms with Gasteiger partial charge in [0.15, 0.2) is 5.96 Å². The summed E-state index contributed by atoms with van der Waals surface area (Å²) in [6.45, 7) is 12.9. The molecule has 1 aromatic rings. The minimum absolute atomic E-state index is 0.0391. The number of hydrogen-bond acceptors (Lipinski definition) is 3. The van der Waals surface area contributed by atoms with Gasteiger partial charge in [-0.25, -0.2) is 0 Å². The molecule has 1 amide bonds. The molecular formula is C24H41N5O. The van der Waals surface area contributed by atoms with Crippen molar-refractivity contribution in [3.05, 3.63) is 35.4 Å². The van der Waals surface area contributed by atoms with Crippen molar-refractivity contribution in [2.45, 2.75) is 40.0 Å². The number of likely N-dealkylation sites (tertiary alicyclic amines) is 1. The van der Waals surface area contributed by atoms with E-state index in [1.54, 1.807) is 19.0 Å². The SMILES string of the molecule is CCNC(=NCCCN1CC(C)CC(C)C1)NCCc1cccc(C(=O)N(C)C)c1. The Hall–Kier alpha value is -2.08. The number of hydrogen-bond donors (Lipinski definition) is 2. The van der Waals surface area contributed by atoms with E-state index in [0.717, 1.165) is 67.9 Å². The van der Waals surface area contributed by atoms with Crippen molar-refractivity contribution >= 4 is 11.9 Å². The first-order valence-corrected chi connectivity index (χ1v) is 11.4. The number of guanidine groups is 1. The van der Waals surface area contributed by atoms with Crippen molar-refractivity contribution in [1.82, 2.24) is 20.4 Å². The van der Waals surface area contributed by atoms with E-state index in [1.807, 2.05) is 18.2 Å². The lowest BCUT2D eigenvalue weighted by Crippen LogP contribution is -2.40. The molecule has 2 unspecified atom stereocenters. The first kappa shape index (κ1) is 24.2. The number of amides is 1. The van der Waals surface area contributed by atoms with Crippen molar-refractivity contribution in [3.63, 3.8) is 0 Å². The smallest absolute Gasteiger partial charge is 0.253 e. The van der Waals surface area contributed by atoms with Gasteiger partial charge in [0.1, 0.15) is 0 Å². The Morgan fingerprint density at radius 3 is 2.60 bits per heavy atom. The first-order valence-electron chi connectivity index (χ1n) is 11.4. The van der Waals surface area contributed by atoms with Gasteiger partial charge in [0.25, 0.3) is 5.91 Å². The summed E-state index contributed by atoms with van der Waals surface area (Å²) in [5, 5.41) is 6.75. The molecule has 1 aliphatic heterocycles. The second-order valence-electron chi connectivity index (χ2n) is 8.90. The van der Waals surface area contributed by atoms with Crippen LogP contribution in [0.15, 0.2) is 29.3 Å². The fourth-order valence-electron chi connectivity index (χ4n) is 4.24. The molecular weight excluding hydrogens is 374 g/mol. The summed E-state index contributed by atoms with van der Waals surface area (Å²) in [7, 11) is 3.56. The lowest BCUT2D eigenvalue weighted by atomic mass is 9.92. The molecule has 1 fully saturated rings. The maximum Gasteiger partial charge on any atom is 0.253 e. The van der Waals surface area contributed by atoms with Gasteiger partial charge in [-0.2, -0.15) is 0 Å². The van der Waals surface area contributed by atoms with Gasteiger partial charge in [0.2, 0.25) is 0 Å². The van der Waals surface area contributed by atoms with Gasteiger partial charge < -0.3 is 20.4 Å². The molecule has 2 rings (SSSR count). The van der Waals surface area contributed by atoms with Crippen molar-refractivity contribution in [1.29, 1.82) is 0 Å². The number of benzene rings is 1. The number of rotatable bonds is 9. The highest BCUT2D eigenvalue weighted by molar-refractivity contribution is 5.94. The predicted octanol–water partition coefficient (Wildman–Crippen LogP) is 2.85. The second-order valence-corrected chi connectivity index (χ2v) is 8.90. The van der Waals surface area contributed by atoms with E-state index >= 15 is 0 Å². The summed E-state index contributed by atoms with van der Waals surface area (Å²) in [5.41, 5.74) is 1.89. The molecule has 0 saturated carbocycles. The maximum absolute atomic E-state index is 12.1. The summed E-state index contributed by atoms with van der Waals surface area (Å²) >= 11 is 0. The summed E-state index contributed by atoms with van der Waals surface area (Å²) in [5.74, 6) is 2.53. The van der Waals surface area contributed by atoms with Gasteiger partial charge >= 0.3 is 0 Å². The molecule has 6 nitrogen and oxygen atoms in total. The molecule has 1 aromatic carbocycles. The fraction of sp³-hybridized carbons (Fsp3) is 0.667. The Balaban J connectivity index is 1.77. The molecule has 0 spiro atoms. The van der Waals surface area contributed by atoms with Crippen LogP contribution in [0.5, 0.6) is 0 Å². The molecule has 1 aliphatic rings. The molecule has 0 aliphatic carbocycles. The minimum Gasteiger partial charge on any atom is -0.357 e. The zero-order valence-corrected chi connectivity index (χ0v) is 19.6. The third-order valence-electron chi connectivity index (χ3n) is 5.48. The van der Waals surface area contributed by atoms with E-state index in [1.165, 1.54) is 19.5 Å². The summed E-state index contributed by atoms with van der Waals surface area (Å²) in [4.78, 5) is 21.1. The molecule has 0 aromatic heterocycles. The highest BCUT2D eigenvalue weighted by Gasteiger charge is 2.20. The van der Waals surface area contributed by atoms with E-state index in [-0.39, 0.29) is 5.91 Å². The second kappa shape index (κ2) is 12.6. The normalized spacial score (nSPS) is 20.1. The van der Waals surface area contributed by atoms with Gasteiger partial charge in [-0.05, 0) is 62.3 Å². The van der Waals surface area contributed by atoms with Crippen LogP contribution in [0, 0.1) is 11.8 Å². The molecule has 168 valence electrons. The van der Waals surface area contributed by atoms with Crippen LogP contribution in [0.1, 0.15) is 49.5 Å². The minimum atomic E-state index is 0.0391. The molecule has 2 atom stereocenters. The predicted molar refractivity (Wildman–Crippen MR) is 126 cm³/mol. The molecule has 0 bridgehead atoms. The van der Waals surface area contributed by atoms with Crippen LogP contribution >= 0.6 is 0 Å². The van der Waals surface area contributed by atoms with E-state index in [0.29, 0.717) is 0 Å². The van der Waals surface area contributed by atoms with Crippen LogP contribution in [-0.2, 0) is 6.42 Å². The van der Waals surface area contributed by atoms with Crippen molar-refractivity contribution in [2.24, 2.45) is 16.8 Å². The van der Waals surface area contributed by atoms with E-state index in [2.05, 4.69) is 42.4 Å². The standard InChI is InChI=1S/C24H41N5O/c1-6-25-24(26-12-8-14-29-17-19(2)15-20(3)18-29)27-13-11-21-9-7-10-22(16-21)23(30)28(4)5/h7,9-10,16,19-20H,6,8,11-15,17-18H2,1-5H3,(H2,25,26,27). The van der Waals surface area contributed by atoms with Gasteiger partial charge in [0.05, 0.1) is 0 Å². The van der Waals surface area contributed by atoms with Gasteiger partial charge in [0, 0.05) is 52.4 Å². The Kier molecular flexibility index (Phi) is 10.1. The lowest BCUT2D eigenvalue weighted by molar-refractivity contribution is 0.0827. The third kappa shape index (κ3) is 8.34. The van der Waals surface area contributed by atoms with Crippen LogP contribution in [0.2, 0.25) is 0 Å². The molecule has 6 heteroatoms. The number of piperidine rings is 1. The third-order valence-corrected chi connectivity index (χ3v) is 5.48. The Bertz CT molecular complexity index is 678. The summed E-state index contributed by atoms with van der Waals surface area (Å²) in [6, 6.07) is 7.87. The topological polar surface area (TPSA) is 60.0 Å². The van der Waals surface area contributed by atoms with Crippen LogP contribution in [0.25, 0.3) is 0 Å². The molecule has 30 heavy (non-hydrogen) atoms. The fourth-order valence-corrected chi connectivity index (χ4v) is 4.24. The lowest BCUT2D eigenvalue weighted by Gasteiger charge is -2.34. The quantitative estimate of drug-likeness (QED) is 0.370. The molecule has 2 N–H and O–H groups in total. The number of aliphatic imine (C=N–C) groups is 1. The van der Waals surface area contributed by atoms with Gasteiger partial charge in [-0.15, -0.1) is 0 Å². The zero-order chi connectivity index (χ0) is 21.9. The highest BCUT2D eigenvalue weighted by Crippen LogP contribution is 2.20. The van der Waals surface area contributed by atoms with Crippen molar-refractivity contribution in [2.75, 3.05) is 53.4 Å². The monoisotopic (exact) mass is 415 g/mol. The Morgan fingerprint density at radius 1 is 1.20 bits per heavy atom. The number of carbonyl (C=O) groups excluding carboxylic acids is 1. The largest absolute Gasteiger partial charge is 0.357 e. The van der Waals surface area contributed by atoms with E-state index in [9.17, 15) is 4.79 Å². The Morgan fingerprint density at radius 2 is 1.93 bits per heavy atom. The number of carbonyl (C=O) groups is 1.